The molecule has 0 radical (unpaired) electrons. The Bertz CT molecular complexity index is 1210. The summed E-state index contributed by atoms with van der Waals surface area (Å²) in [5, 5.41) is 11.4. The Kier molecular flexibility index (Phi) is 5.53. The van der Waals surface area contributed by atoms with Crippen LogP contribution in [0.1, 0.15) is 33.6 Å². The number of imidazole rings is 1. The Morgan fingerprint density at radius 2 is 1.81 bits per heavy atom. The largest absolute Gasteiger partial charge is 0.496 e. The molecule has 0 aliphatic heterocycles. The third kappa shape index (κ3) is 3.92. The number of para-hydroxylation sites is 1. The zero-order chi connectivity index (χ0) is 22.0. The van der Waals surface area contributed by atoms with Gasteiger partial charge in [-0.3, -0.25) is 4.79 Å². The first-order chi connectivity index (χ1) is 15.0. The average Bonchev–Trinajstić information content (AvgIpc) is 3.37. The Morgan fingerprint density at radius 3 is 2.42 bits per heavy atom. The molecule has 2 aromatic carbocycles. The van der Waals surface area contributed by atoms with Gasteiger partial charge in [0.15, 0.2) is 5.82 Å². The van der Waals surface area contributed by atoms with Crippen molar-refractivity contribution in [3.63, 3.8) is 0 Å². The van der Waals surface area contributed by atoms with Gasteiger partial charge in [-0.1, -0.05) is 30.3 Å². The van der Waals surface area contributed by atoms with Gasteiger partial charge in [-0.2, -0.15) is 0 Å². The summed E-state index contributed by atoms with van der Waals surface area (Å²) < 4.78 is 9.32. The molecule has 8 nitrogen and oxygen atoms in total. The summed E-state index contributed by atoms with van der Waals surface area (Å²) in [4.78, 5) is 17.6. The number of carbonyl (C=O) groups is 1. The van der Waals surface area contributed by atoms with Crippen LogP contribution in [0.4, 0.5) is 0 Å². The Balaban J connectivity index is 1.64. The van der Waals surface area contributed by atoms with Gasteiger partial charge >= 0.3 is 0 Å². The maximum atomic E-state index is 13.1. The van der Waals surface area contributed by atoms with Gasteiger partial charge in [0.1, 0.15) is 23.4 Å². The van der Waals surface area contributed by atoms with Crippen LogP contribution < -0.4 is 10.1 Å². The molecule has 0 aliphatic carbocycles. The van der Waals surface area contributed by atoms with Gasteiger partial charge in [-0.15, -0.1) is 10.2 Å². The Morgan fingerprint density at radius 1 is 1.06 bits per heavy atom. The molecule has 1 N–H and O–H groups in total. The minimum Gasteiger partial charge on any atom is -0.496 e. The molecule has 158 valence electrons. The van der Waals surface area contributed by atoms with Gasteiger partial charge < -0.3 is 19.2 Å². The van der Waals surface area contributed by atoms with Crippen molar-refractivity contribution in [1.29, 1.82) is 0 Å². The number of nitrogens with one attached hydrogen (secondary N) is 1. The zero-order valence-corrected chi connectivity index (χ0v) is 17.9. The molecule has 0 fully saturated rings. The van der Waals surface area contributed by atoms with E-state index in [0.717, 1.165) is 22.8 Å². The number of amides is 1. The monoisotopic (exact) mass is 416 g/mol. The molecule has 0 saturated heterocycles. The standard InChI is InChI=1S/C23H24N6O2/c1-15-26-27-21(29(15)3)16-9-11-17(12-10-16)23(30)25-20(22-24-13-14-28(22)2)18-7-5-6-8-19(18)31-4/h5-14,20H,1-4H3,(H,25,30). The van der Waals surface area contributed by atoms with E-state index >= 15 is 0 Å². The average molecular weight is 416 g/mol. The quantitative estimate of drug-likeness (QED) is 0.522. The lowest BCUT2D eigenvalue weighted by Crippen LogP contribution is -2.31. The van der Waals surface area contributed by atoms with Gasteiger partial charge in [-0.05, 0) is 25.1 Å². The van der Waals surface area contributed by atoms with E-state index in [4.69, 9.17) is 4.74 Å². The smallest absolute Gasteiger partial charge is 0.252 e. The number of carbonyl (C=O) groups excluding carboxylic acids is 1. The summed E-state index contributed by atoms with van der Waals surface area (Å²) in [5.74, 6) is 2.77. The molecule has 4 rings (SSSR count). The van der Waals surface area contributed by atoms with Gasteiger partial charge in [0, 0.05) is 43.2 Å². The van der Waals surface area contributed by atoms with Crippen molar-refractivity contribution in [2.24, 2.45) is 14.1 Å². The number of aromatic nitrogens is 5. The number of benzene rings is 2. The topological polar surface area (TPSA) is 86.9 Å². The molecular formula is C23H24N6O2. The highest BCUT2D eigenvalue weighted by atomic mass is 16.5. The molecule has 2 heterocycles. The first-order valence-corrected chi connectivity index (χ1v) is 9.87. The summed E-state index contributed by atoms with van der Waals surface area (Å²) in [6, 6.07) is 14.5. The second-order valence-electron chi connectivity index (χ2n) is 7.25. The van der Waals surface area contributed by atoms with Crippen molar-refractivity contribution in [2.45, 2.75) is 13.0 Å². The summed E-state index contributed by atoms with van der Waals surface area (Å²) in [7, 11) is 5.42. The van der Waals surface area contributed by atoms with E-state index in [-0.39, 0.29) is 5.91 Å². The van der Waals surface area contributed by atoms with E-state index in [1.54, 1.807) is 25.4 Å². The van der Waals surface area contributed by atoms with Crippen LogP contribution in [-0.4, -0.2) is 37.3 Å². The number of hydrogen-bond donors (Lipinski definition) is 1. The molecule has 0 saturated carbocycles. The molecule has 1 amide bonds. The molecule has 0 aliphatic rings. The third-order valence-electron chi connectivity index (χ3n) is 5.34. The van der Waals surface area contributed by atoms with Crippen molar-refractivity contribution in [3.05, 3.63) is 83.7 Å². The van der Waals surface area contributed by atoms with Crippen LogP contribution in [0.15, 0.2) is 60.9 Å². The molecule has 1 atom stereocenters. The predicted molar refractivity (Wildman–Crippen MR) is 117 cm³/mol. The second kappa shape index (κ2) is 8.43. The molecule has 0 bridgehead atoms. The van der Waals surface area contributed by atoms with E-state index in [2.05, 4.69) is 20.5 Å². The van der Waals surface area contributed by atoms with Crippen LogP contribution >= 0.6 is 0 Å². The maximum absolute atomic E-state index is 13.1. The highest BCUT2D eigenvalue weighted by Crippen LogP contribution is 2.29. The number of nitrogens with zero attached hydrogens (tertiary/aromatic N) is 5. The van der Waals surface area contributed by atoms with E-state index in [0.29, 0.717) is 17.1 Å². The van der Waals surface area contributed by atoms with Crippen LogP contribution in [0, 0.1) is 6.92 Å². The lowest BCUT2D eigenvalue weighted by Gasteiger charge is -2.21. The van der Waals surface area contributed by atoms with E-state index < -0.39 is 6.04 Å². The Labute approximate surface area is 180 Å². The Hall–Kier alpha value is -3.94. The lowest BCUT2D eigenvalue weighted by atomic mass is 10.0. The molecule has 0 spiro atoms. The minimum absolute atomic E-state index is 0.209. The molecule has 8 heteroatoms. The summed E-state index contributed by atoms with van der Waals surface area (Å²) in [6.07, 6.45) is 3.56. The predicted octanol–water partition coefficient (Wildman–Crippen LogP) is 3.05. The minimum atomic E-state index is -0.468. The van der Waals surface area contributed by atoms with Crippen LogP contribution in [0.25, 0.3) is 11.4 Å². The zero-order valence-electron chi connectivity index (χ0n) is 17.9. The first kappa shape index (κ1) is 20.3. The van der Waals surface area contributed by atoms with Crippen molar-refractivity contribution in [1.82, 2.24) is 29.6 Å². The number of methoxy groups -OCH3 is 1. The lowest BCUT2D eigenvalue weighted by molar-refractivity contribution is 0.0941. The molecule has 2 aromatic heterocycles. The summed E-state index contributed by atoms with van der Waals surface area (Å²) in [5.41, 5.74) is 2.26. The second-order valence-corrected chi connectivity index (χ2v) is 7.25. The van der Waals surface area contributed by atoms with Crippen molar-refractivity contribution in [3.8, 4) is 17.1 Å². The van der Waals surface area contributed by atoms with E-state index in [9.17, 15) is 4.79 Å². The fourth-order valence-electron chi connectivity index (χ4n) is 3.49. The molecule has 1 unspecified atom stereocenters. The number of hydrogen-bond acceptors (Lipinski definition) is 5. The maximum Gasteiger partial charge on any atom is 0.252 e. The highest BCUT2D eigenvalue weighted by molar-refractivity contribution is 5.95. The van der Waals surface area contributed by atoms with Crippen molar-refractivity contribution < 1.29 is 9.53 Å². The highest BCUT2D eigenvalue weighted by Gasteiger charge is 2.24. The molecule has 31 heavy (non-hydrogen) atoms. The molecule has 4 aromatic rings. The fraction of sp³-hybridized carbons (Fsp3) is 0.217. The van der Waals surface area contributed by atoms with Gasteiger partial charge in [0.2, 0.25) is 0 Å². The number of ether oxygens (including phenoxy) is 1. The van der Waals surface area contributed by atoms with Gasteiger partial charge in [-0.25, -0.2) is 4.98 Å². The fourth-order valence-corrected chi connectivity index (χ4v) is 3.49. The van der Waals surface area contributed by atoms with E-state index in [1.807, 2.05) is 72.7 Å². The van der Waals surface area contributed by atoms with Gasteiger partial charge in [0.25, 0.3) is 5.91 Å². The van der Waals surface area contributed by atoms with Crippen molar-refractivity contribution >= 4 is 5.91 Å². The molecular weight excluding hydrogens is 392 g/mol. The SMILES string of the molecule is COc1ccccc1C(NC(=O)c1ccc(-c2nnc(C)n2C)cc1)c1nccn1C. The van der Waals surface area contributed by atoms with Crippen LogP contribution in [0.2, 0.25) is 0 Å². The summed E-state index contributed by atoms with van der Waals surface area (Å²) in [6.45, 7) is 1.90. The summed E-state index contributed by atoms with van der Waals surface area (Å²) >= 11 is 0. The van der Waals surface area contributed by atoms with Gasteiger partial charge in [0.05, 0.1) is 7.11 Å². The van der Waals surface area contributed by atoms with E-state index in [1.165, 1.54) is 0 Å². The normalized spacial score (nSPS) is 11.9. The van der Waals surface area contributed by atoms with Crippen LogP contribution in [-0.2, 0) is 14.1 Å². The first-order valence-electron chi connectivity index (χ1n) is 9.87. The number of rotatable bonds is 6. The third-order valence-corrected chi connectivity index (χ3v) is 5.34. The number of aryl methyl sites for hydroxylation is 2. The van der Waals surface area contributed by atoms with Crippen LogP contribution in [0.3, 0.4) is 0 Å². The van der Waals surface area contributed by atoms with Crippen LogP contribution in [0.5, 0.6) is 5.75 Å². The van der Waals surface area contributed by atoms with Crippen molar-refractivity contribution in [2.75, 3.05) is 7.11 Å².